The van der Waals surface area contributed by atoms with Crippen LogP contribution >= 0.6 is 28.3 Å². The van der Waals surface area contributed by atoms with Gasteiger partial charge in [-0.25, -0.2) is 0 Å². The lowest BCUT2D eigenvalue weighted by molar-refractivity contribution is 0.299. The molecule has 120 valence electrons. The highest BCUT2D eigenvalue weighted by Gasteiger charge is 2.11. The van der Waals surface area contributed by atoms with Gasteiger partial charge in [0.25, 0.3) is 0 Å². The fourth-order valence-corrected chi connectivity index (χ4v) is 2.24. The van der Waals surface area contributed by atoms with Crippen LogP contribution in [0.1, 0.15) is 31.9 Å². The van der Waals surface area contributed by atoms with Crippen LogP contribution in [0.2, 0.25) is 0 Å². The normalized spacial score (nSPS) is 10.9. The summed E-state index contributed by atoms with van der Waals surface area (Å²) >= 11 is 3.52. The van der Waals surface area contributed by atoms with E-state index >= 15 is 0 Å². The van der Waals surface area contributed by atoms with E-state index < -0.39 is 0 Å². The number of nitrogens with one attached hydrogen (secondary N) is 1. The molecular weight excluding hydrogens is 364 g/mol. The second-order valence-corrected chi connectivity index (χ2v) is 6.92. The second kappa shape index (κ2) is 8.51. The maximum atomic E-state index is 5.94. The summed E-state index contributed by atoms with van der Waals surface area (Å²) in [5.41, 5.74) is 2.28. The number of rotatable bonds is 5. The Labute approximate surface area is 147 Å². The SMILES string of the molecule is CC(C)(C)NCc1cc(Br)ccc1OCc1cccnc1.Cl. The molecule has 5 heteroatoms. The first-order valence-electron chi connectivity index (χ1n) is 6.99. The largest absolute Gasteiger partial charge is 0.489 e. The van der Waals surface area contributed by atoms with Crippen LogP contribution in [0, 0.1) is 0 Å². The molecule has 1 N–H and O–H groups in total. The molecule has 0 bridgehead atoms. The van der Waals surface area contributed by atoms with Gasteiger partial charge < -0.3 is 10.1 Å². The fraction of sp³-hybridized carbons (Fsp3) is 0.353. The number of pyridine rings is 1. The summed E-state index contributed by atoms with van der Waals surface area (Å²) in [6, 6.07) is 10.0. The number of hydrogen-bond donors (Lipinski definition) is 1. The highest BCUT2D eigenvalue weighted by atomic mass is 79.9. The first kappa shape index (κ1) is 18.9. The van der Waals surface area contributed by atoms with Crippen molar-refractivity contribution in [1.82, 2.24) is 10.3 Å². The van der Waals surface area contributed by atoms with E-state index in [4.69, 9.17) is 4.74 Å². The summed E-state index contributed by atoms with van der Waals surface area (Å²) in [7, 11) is 0. The van der Waals surface area contributed by atoms with Crippen molar-refractivity contribution >= 4 is 28.3 Å². The van der Waals surface area contributed by atoms with Gasteiger partial charge in [0.15, 0.2) is 0 Å². The zero-order valence-corrected chi connectivity index (χ0v) is 15.5. The van der Waals surface area contributed by atoms with Gasteiger partial charge in [-0.15, -0.1) is 12.4 Å². The molecule has 0 atom stereocenters. The molecular formula is C17H22BrClN2O. The van der Waals surface area contributed by atoms with Gasteiger partial charge in [-0.05, 0) is 45.0 Å². The molecule has 0 aliphatic heterocycles. The predicted octanol–water partition coefficient (Wildman–Crippen LogP) is 4.73. The Morgan fingerprint density at radius 3 is 2.64 bits per heavy atom. The van der Waals surface area contributed by atoms with E-state index in [2.05, 4.69) is 53.1 Å². The van der Waals surface area contributed by atoms with Gasteiger partial charge in [-0.2, -0.15) is 0 Å². The van der Waals surface area contributed by atoms with Crippen LogP contribution in [-0.4, -0.2) is 10.5 Å². The van der Waals surface area contributed by atoms with Crippen LogP contribution in [0.5, 0.6) is 5.75 Å². The van der Waals surface area contributed by atoms with Crippen molar-refractivity contribution in [2.24, 2.45) is 0 Å². The van der Waals surface area contributed by atoms with Gasteiger partial charge >= 0.3 is 0 Å². The molecule has 2 rings (SSSR count). The molecule has 22 heavy (non-hydrogen) atoms. The molecule has 2 aromatic rings. The highest BCUT2D eigenvalue weighted by Crippen LogP contribution is 2.24. The van der Waals surface area contributed by atoms with E-state index in [1.54, 1.807) is 6.20 Å². The number of aromatic nitrogens is 1. The van der Waals surface area contributed by atoms with Crippen LogP contribution < -0.4 is 10.1 Å². The van der Waals surface area contributed by atoms with Gasteiger partial charge in [-0.3, -0.25) is 4.98 Å². The fourth-order valence-electron chi connectivity index (χ4n) is 1.83. The third-order valence-electron chi connectivity index (χ3n) is 2.95. The summed E-state index contributed by atoms with van der Waals surface area (Å²) in [5, 5.41) is 3.49. The van der Waals surface area contributed by atoms with Crippen molar-refractivity contribution < 1.29 is 4.74 Å². The zero-order valence-electron chi connectivity index (χ0n) is 13.1. The molecule has 0 fully saturated rings. The van der Waals surface area contributed by atoms with Crippen LogP contribution in [0.4, 0.5) is 0 Å². The zero-order chi connectivity index (χ0) is 15.3. The molecule has 0 saturated carbocycles. The Kier molecular flexibility index (Phi) is 7.33. The van der Waals surface area contributed by atoms with Crippen molar-refractivity contribution in [3.05, 3.63) is 58.3 Å². The summed E-state index contributed by atoms with van der Waals surface area (Å²) in [6.07, 6.45) is 3.59. The number of hydrogen-bond acceptors (Lipinski definition) is 3. The second-order valence-electron chi connectivity index (χ2n) is 6.01. The first-order valence-corrected chi connectivity index (χ1v) is 7.78. The van der Waals surface area contributed by atoms with Crippen molar-refractivity contribution in [3.63, 3.8) is 0 Å². The molecule has 1 heterocycles. The molecule has 0 unspecified atom stereocenters. The minimum absolute atomic E-state index is 0. The van der Waals surface area contributed by atoms with Crippen LogP contribution in [0.3, 0.4) is 0 Å². The Bertz CT molecular complexity index is 585. The summed E-state index contributed by atoms with van der Waals surface area (Å²) in [5.74, 6) is 0.902. The smallest absolute Gasteiger partial charge is 0.124 e. The van der Waals surface area contributed by atoms with E-state index in [0.717, 1.165) is 27.9 Å². The quantitative estimate of drug-likeness (QED) is 0.807. The van der Waals surface area contributed by atoms with Crippen molar-refractivity contribution in [1.29, 1.82) is 0 Å². The number of ether oxygens (including phenoxy) is 1. The van der Waals surface area contributed by atoms with Crippen LogP contribution in [0.15, 0.2) is 47.2 Å². The number of benzene rings is 1. The lowest BCUT2D eigenvalue weighted by atomic mass is 10.1. The maximum Gasteiger partial charge on any atom is 0.124 e. The lowest BCUT2D eigenvalue weighted by Gasteiger charge is -2.22. The molecule has 0 amide bonds. The Morgan fingerprint density at radius 2 is 2.00 bits per heavy atom. The average Bonchev–Trinajstić information content (AvgIpc) is 2.44. The third-order valence-corrected chi connectivity index (χ3v) is 3.44. The van der Waals surface area contributed by atoms with Gasteiger partial charge in [0.05, 0.1) is 0 Å². The predicted molar refractivity (Wildman–Crippen MR) is 96.6 cm³/mol. The molecule has 1 aromatic carbocycles. The van der Waals surface area contributed by atoms with Crippen LogP contribution in [0.25, 0.3) is 0 Å². The first-order chi connectivity index (χ1) is 9.94. The van der Waals surface area contributed by atoms with E-state index in [0.29, 0.717) is 6.61 Å². The number of halogens is 2. The minimum atomic E-state index is 0. The third kappa shape index (κ3) is 6.34. The van der Waals surface area contributed by atoms with E-state index in [1.807, 2.05) is 30.5 Å². The van der Waals surface area contributed by atoms with Crippen molar-refractivity contribution in [2.75, 3.05) is 0 Å². The molecule has 0 aliphatic carbocycles. The van der Waals surface area contributed by atoms with Gasteiger partial charge in [-0.1, -0.05) is 22.0 Å². The molecule has 0 radical (unpaired) electrons. The van der Waals surface area contributed by atoms with Gasteiger partial charge in [0.1, 0.15) is 12.4 Å². The highest BCUT2D eigenvalue weighted by molar-refractivity contribution is 9.10. The van der Waals surface area contributed by atoms with Crippen molar-refractivity contribution in [3.8, 4) is 5.75 Å². The Morgan fingerprint density at radius 1 is 1.23 bits per heavy atom. The van der Waals surface area contributed by atoms with E-state index in [-0.39, 0.29) is 17.9 Å². The molecule has 0 saturated heterocycles. The molecule has 0 aliphatic rings. The van der Waals surface area contributed by atoms with Crippen LogP contribution in [-0.2, 0) is 13.2 Å². The minimum Gasteiger partial charge on any atom is -0.489 e. The molecule has 0 spiro atoms. The molecule has 3 nitrogen and oxygen atoms in total. The van der Waals surface area contributed by atoms with Gasteiger partial charge in [0, 0.05) is 40.1 Å². The topological polar surface area (TPSA) is 34.1 Å². The number of nitrogens with zero attached hydrogens (tertiary/aromatic N) is 1. The van der Waals surface area contributed by atoms with E-state index in [1.165, 1.54) is 0 Å². The standard InChI is InChI=1S/C17H21BrN2O.ClH/c1-17(2,3)20-11-14-9-15(18)6-7-16(14)21-12-13-5-4-8-19-10-13;/h4-10,20H,11-12H2,1-3H3;1H. The Hall–Kier alpha value is -1.10. The lowest BCUT2D eigenvalue weighted by Crippen LogP contribution is -2.35. The molecule has 1 aromatic heterocycles. The summed E-state index contributed by atoms with van der Waals surface area (Å²) in [6.45, 7) is 7.76. The Balaban J connectivity index is 0.00000242. The van der Waals surface area contributed by atoms with Gasteiger partial charge in [0.2, 0.25) is 0 Å². The van der Waals surface area contributed by atoms with Crippen molar-refractivity contribution in [2.45, 2.75) is 39.5 Å². The van der Waals surface area contributed by atoms with E-state index in [9.17, 15) is 0 Å². The maximum absolute atomic E-state index is 5.94. The monoisotopic (exact) mass is 384 g/mol. The summed E-state index contributed by atoms with van der Waals surface area (Å²) < 4.78 is 7.00. The average molecular weight is 386 g/mol. The summed E-state index contributed by atoms with van der Waals surface area (Å²) in [4.78, 5) is 4.10.